The van der Waals surface area contributed by atoms with Gasteiger partial charge in [-0.25, -0.2) is 0 Å². The SMILES string of the molecule is COc1ccc(CC(=O)NNC(=O)c2cc3c(s2)CCCCCC3)c(OC)c1OC. The molecule has 0 spiro atoms. The van der Waals surface area contributed by atoms with E-state index in [1.807, 2.05) is 6.07 Å². The summed E-state index contributed by atoms with van der Waals surface area (Å²) in [7, 11) is 4.55. The van der Waals surface area contributed by atoms with Gasteiger partial charge in [-0.05, 0) is 43.4 Å². The van der Waals surface area contributed by atoms with Crippen molar-refractivity contribution < 1.29 is 23.8 Å². The Bertz CT molecular complexity index is 884. The number of nitrogens with one attached hydrogen (secondary N) is 2. The van der Waals surface area contributed by atoms with E-state index < -0.39 is 0 Å². The minimum Gasteiger partial charge on any atom is -0.493 e. The first-order valence-electron chi connectivity index (χ1n) is 10.1. The summed E-state index contributed by atoms with van der Waals surface area (Å²) in [4.78, 5) is 26.9. The molecular weight excluding hydrogens is 404 g/mol. The molecule has 30 heavy (non-hydrogen) atoms. The van der Waals surface area contributed by atoms with Crippen molar-refractivity contribution >= 4 is 23.2 Å². The van der Waals surface area contributed by atoms with Crippen molar-refractivity contribution in [3.05, 3.63) is 39.1 Å². The monoisotopic (exact) mass is 432 g/mol. The van der Waals surface area contributed by atoms with Gasteiger partial charge in [-0.3, -0.25) is 20.4 Å². The number of carbonyl (C=O) groups excluding carboxylic acids is 2. The van der Waals surface area contributed by atoms with Crippen LogP contribution in [0.2, 0.25) is 0 Å². The molecule has 2 aromatic rings. The maximum absolute atomic E-state index is 12.5. The fourth-order valence-electron chi connectivity index (χ4n) is 3.66. The lowest BCUT2D eigenvalue weighted by Crippen LogP contribution is -2.42. The summed E-state index contributed by atoms with van der Waals surface area (Å²) in [6, 6.07) is 5.41. The first-order valence-corrected chi connectivity index (χ1v) is 10.9. The molecule has 1 aromatic heterocycles. The van der Waals surface area contributed by atoms with Crippen LogP contribution in [0, 0.1) is 0 Å². The number of fused-ring (bicyclic) bond motifs is 1. The topological polar surface area (TPSA) is 85.9 Å². The van der Waals surface area contributed by atoms with E-state index in [2.05, 4.69) is 10.9 Å². The van der Waals surface area contributed by atoms with Crippen LogP contribution in [0.15, 0.2) is 18.2 Å². The molecule has 162 valence electrons. The van der Waals surface area contributed by atoms with Crippen LogP contribution in [0.25, 0.3) is 0 Å². The molecule has 0 unspecified atom stereocenters. The van der Waals surface area contributed by atoms with E-state index in [9.17, 15) is 9.59 Å². The van der Waals surface area contributed by atoms with Crippen molar-refractivity contribution in [2.45, 2.75) is 44.9 Å². The van der Waals surface area contributed by atoms with Gasteiger partial charge in [0.1, 0.15) is 0 Å². The van der Waals surface area contributed by atoms with Crippen molar-refractivity contribution in [3.63, 3.8) is 0 Å². The molecule has 0 aliphatic heterocycles. The Kier molecular flexibility index (Phi) is 7.57. The number of benzene rings is 1. The summed E-state index contributed by atoms with van der Waals surface area (Å²) < 4.78 is 16.0. The number of methoxy groups -OCH3 is 3. The Balaban J connectivity index is 1.62. The molecule has 0 atom stereocenters. The Morgan fingerprint density at radius 2 is 1.67 bits per heavy atom. The predicted octanol–water partition coefficient (Wildman–Crippen LogP) is 3.44. The summed E-state index contributed by atoms with van der Waals surface area (Å²) in [6.07, 6.45) is 6.88. The molecule has 8 heteroatoms. The molecule has 0 fully saturated rings. The van der Waals surface area contributed by atoms with Gasteiger partial charge in [0.2, 0.25) is 11.7 Å². The quantitative estimate of drug-likeness (QED) is 0.683. The molecular formula is C22H28N2O5S. The van der Waals surface area contributed by atoms with E-state index in [1.54, 1.807) is 12.1 Å². The molecule has 0 bridgehead atoms. The Morgan fingerprint density at radius 3 is 2.37 bits per heavy atom. The predicted molar refractivity (Wildman–Crippen MR) is 116 cm³/mol. The highest BCUT2D eigenvalue weighted by Crippen LogP contribution is 2.39. The molecule has 0 radical (unpaired) electrons. The van der Waals surface area contributed by atoms with Gasteiger partial charge in [0, 0.05) is 10.4 Å². The first-order chi connectivity index (χ1) is 14.6. The van der Waals surface area contributed by atoms with E-state index in [-0.39, 0.29) is 18.2 Å². The van der Waals surface area contributed by atoms with Crippen LogP contribution in [0.3, 0.4) is 0 Å². The van der Waals surface area contributed by atoms with Crippen molar-refractivity contribution in [1.82, 2.24) is 10.9 Å². The Labute approximate surface area is 180 Å². The van der Waals surface area contributed by atoms with E-state index in [0.29, 0.717) is 27.7 Å². The third-order valence-corrected chi connectivity index (χ3v) is 6.41. The zero-order chi connectivity index (χ0) is 21.5. The molecule has 1 aliphatic rings. The van der Waals surface area contributed by atoms with E-state index in [1.165, 1.54) is 62.4 Å². The lowest BCUT2D eigenvalue weighted by atomic mass is 10.00. The highest BCUT2D eigenvalue weighted by Gasteiger charge is 2.19. The molecule has 1 aromatic carbocycles. The van der Waals surface area contributed by atoms with Crippen LogP contribution in [0.5, 0.6) is 17.2 Å². The van der Waals surface area contributed by atoms with Gasteiger partial charge < -0.3 is 14.2 Å². The molecule has 1 aliphatic carbocycles. The number of amides is 2. The smallest absolute Gasteiger partial charge is 0.279 e. The van der Waals surface area contributed by atoms with Crippen molar-refractivity contribution in [2.75, 3.05) is 21.3 Å². The average Bonchev–Trinajstić information content (AvgIpc) is 3.13. The minimum absolute atomic E-state index is 0.0186. The molecule has 2 N–H and O–H groups in total. The second-order valence-electron chi connectivity index (χ2n) is 7.15. The summed E-state index contributed by atoms with van der Waals surface area (Å²) >= 11 is 1.52. The van der Waals surface area contributed by atoms with Gasteiger partial charge >= 0.3 is 0 Å². The summed E-state index contributed by atoms with van der Waals surface area (Å²) in [5, 5.41) is 0. The standard InChI is InChI=1S/C22H28N2O5S/c1-27-16-11-10-15(20(28-2)21(16)29-3)13-19(25)23-24-22(26)18-12-14-8-6-4-5-7-9-17(14)30-18/h10-12H,4-9,13H2,1-3H3,(H,23,25)(H,24,26). The fourth-order valence-corrected chi connectivity index (χ4v) is 4.81. The number of aryl methyl sites for hydroxylation is 2. The first kappa shape index (κ1) is 22.0. The van der Waals surface area contributed by atoms with Gasteiger partial charge in [0.15, 0.2) is 11.5 Å². The van der Waals surface area contributed by atoms with E-state index in [0.717, 1.165) is 19.3 Å². The molecule has 0 saturated heterocycles. The Morgan fingerprint density at radius 1 is 0.933 bits per heavy atom. The summed E-state index contributed by atoms with van der Waals surface area (Å²) in [5.41, 5.74) is 6.91. The number of carbonyl (C=O) groups is 2. The van der Waals surface area contributed by atoms with Gasteiger partial charge in [0.05, 0.1) is 32.6 Å². The van der Waals surface area contributed by atoms with Gasteiger partial charge in [-0.1, -0.05) is 18.9 Å². The number of hydrazine groups is 1. The lowest BCUT2D eigenvalue weighted by molar-refractivity contribution is -0.121. The molecule has 7 nitrogen and oxygen atoms in total. The van der Waals surface area contributed by atoms with Crippen LogP contribution < -0.4 is 25.1 Å². The maximum Gasteiger partial charge on any atom is 0.279 e. The van der Waals surface area contributed by atoms with E-state index >= 15 is 0 Å². The van der Waals surface area contributed by atoms with Gasteiger partial charge in [-0.15, -0.1) is 11.3 Å². The summed E-state index contributed by atoms with van der Waals surface area (Å²) in [6.45, 7) is 0. The van der Waals surface area contributed by atoms with Crippen molar-refractivity contribution in [1.29, 1.82) is 0 Å². The number of hydrogen-bond donors (Lipinski definition) is 2. The highest BCUT2D eigenvalue weighted by atomic mass is 32.1. The van der Waals surface area contributed by atoms with Gasteiger partial charge in [0.25, 0.3) is 5.91 Å². The number of thiophene rings is 1. The minimum atomic E-state index is -0.358. The van der Waals surface area contributed by atoms with Crippen LogP contribution in [-0.2, 0) is 24.1 Å². The van der Waals surface area contributed by atoms with E-state index in [4.69, 9.17) is 14.2 Å². The number of ether oxygens (including phenoxy) is 3. The Hall–Kier alpha value is -2.74. The maximum atomic E-state index is 12.5. The largest absolute Gasteiger partial charge is 0.493 e. The van der Waals surface area contributed by atoms with Crippen LogP contribution in [0.1, 0.15) is 51.4 Å². The molecule has 3 rings (SSSR count). The zero-order valence-corrected chi connectivity index (χ0v) is 18.4. The zero-order valence-electron chi connectivity index (χ0n) is 17.6. The second-order valence-corrected chi connectivity index (χ2v) is 8.28. The normalized spacial score (nSPS) is 13.4. The molecule has 0 saturated carbocycles. The van der Waals surface area contributed by atoms with Crippen molar-refractivity contribution in [2.24, 2.45) is 0 Å². The lowest BCUT2D eigenvalue weighted by Gasteiger charge is -2.15. The average molecular weight is 433 g/mol. The van der Waals surface area contributed by atoms with Crippen molar-refractivity contribution in [3.8, 4) is 17.2 Å². The van der Waals surface area contributed by atoms with Gasteiger partial charge in [-0.2, -0.15) is 0 Å². The summed E-state index contributed by atoms with van der Waals surface area (Å²) in [5.74, 6) is 0.713. The third-order valence-electron chi connectivity index (χ3n) is 5.17. The third kappa shape index (κ3) is 5.05. The number of hydrogen-bond acceptors (Lipinski definition) is 6. The van der Waals surface area contributed by atoms with Crippen LogP contribution in [0.4, 0.5) is 0 Å². The second kappa shape index (κ2) is 10.3. The molecule has 2 amide bonds. The number of rotatable bonds is 6. The molecule has 1 heterocycles. The van der Waals surface area contributed by atoms with Crippen LogP contribution in [-0.4, -0.2) is 33.1 Å². The van der Waals surface area contributed by atoms with Crippen LogP contribution >= 0.6 is 11.3 Å². The highest BCUT2D eigenvalue weighted by molar-refractivity contribution is 7.14. The fraction of sp³-hybridized carbons (Fsp3) is 0.455.